The Labute approximate surface area is 151 Å². The van der Waals surface area contributed by atoms with E-state index in [0.29, 0.717) is 15.3 Å². The van der Waals surface area contributed by atoms with Gasteiger partial charge in [0.1, 0.15) is 4.60 Å². The molecular formula is C15H11BrClN3O3S. The summed E-state index contributed by atoms with van der Waals surface area (Å²) in [4.78, 5) is 16.5. The molecule has 0 saturated heterocycles. The average Bonchev–Trinajstić information content (AvgIpc) is 2.85. The lowest BCUT2D eigenvalue weighted by Gasteiger charge is -2.05. The Hall–Kier alpha value is -1.90. The third kappa shape index (κ3) is 3.04. The van der Waals surface area contributed by atoms with Gasteiger partial charge >= 0.3 is 0 Å². The molecule has 0 aliphatic carbocycles. The quantitative estimate of drug-likeness (QED) is 0.695. The van der Waals surface area contributed by atoms with Crippen LogP contribution in [0.5, 0.6) is 0 Å². The number of benzene rings is 1. The lowest BCUT2D eigenvalue weighted by atomic mass is 10.3. The van der Waals surface area contributed by atoms with E-state index in [1.807, 2.05) is 11.6 Å². The fraction of sp³-hybridized carbons (Fsp3) is 0.0667. The summed E-state index contributed by atoms with van der Waals surface area (Å²) in [6, 6.07) is 9.33. The number of nitrogens with one attached hydrogen (secondary N) is 1. The molecule has 0 aliphatic heterocycles. The predicted octanol–water partition coefficient (Wildman–Crippen LogP) is 3.18. The molecule has 0 bridgehead atoms. The average molecular weight is 429 g/mol. The minimum atomic E-state index is -3.98. The first-order valence-electron chi connectivity index (χ1n) is 6.75. The molecular weight excluding hydrogens is 418 g/mol. The largest absolute Gasteiger partial charge is 0.292 e. The van der Waals surface area contributed by atoms with Gasteiger partial charge < -0.3 is 0 Å². The highest BCUT2D eigenvalue weighted by molar-refractivity contribution is 9.10. The maximum Gasteiger partial charge on any atom is 0.286 e. The van der Waals surface area contributed by atoms with Crippen molar-refractivity contribution in [2.75, 3.05) is 0 Å². The van der Waals surface area contributed by atoms with Gasteiger partial charge in [0, 0.05) is 6.20 Å². The molecule has 6 nitrogen and oxygen atoms in total. The van der Waals surface area contributed by atoms with Gasteiger partial charge in [-0.15, -0.1) is 0 Å². The van der Waals surface area contributed by atoms with Crippen LogP contribution in [0.15, 0.2) is 52.1 Å². The molecule has 3 rings (SSSR count). The number of halogens is 2. The number of imidazole rings is 1. The van der Waals surface area contributed by atoms with E-state index in [0.717, 1.165) is 5.56 Å². The molecule has 9 heteroatoms. The van der Waals surface area contributed by atoms with Gasteiger partial charge in [-0.05, 0) is 46.6 Å². The van der Waals surface area contributed by atoms with Crippen LogP contribution in [0.1, 0.15) is 16.1 Å². The number of amides is 1. The minimum Gasteiger partial charge on any atom is -0.292 e. The number of rotatable bonds is 3. The van der Waals surface area contributed by atoms with E-state index < -0.39 is 15.9 Å². The number of sulfonamides is 1. The molecule has 2 heterocycles. The van der Waals surface area contributed by atoms with Crippen molar-refractivity contribution in [2.45, 2.75) is 11.8 Å². The summed E-state index contributed by atoms with van der Waals surface area (Å²) >= 11 is 9.40. The van der Waals surface area contributed by atoms with Gasteiger partial charge in [0.05, 0.1) is 9.92 Å². The lowest BCUT2D eigenvalue weighted by molar-refractivity contribution is 0.0976. The molecule has 2 aromatic heterocycles. The van der Waals surface area contributed by atoms with E-state index in [1.54, 1.807) is 34.9 Å². The molecule has 0 spiro atoms. The molecule has 1 N–H and O–H groups in total. The summed E-state index contributed by atoms with van der Waals surface area (Å²) in [5.41, 5.74) is 1.16. The van der Waals surface area contributed by atoms with E-state index in [9.17, 15) is 13.2 Å². The third-order valence-electron chi connectivity index (χ3n) is 3.25. The molecule has 0 atom stereocenters. The number of carbonyl (C=O) groups is 1. The standard InChI is InChI=1S/C15H11BrClN3O3S/c1-9-7-11(17)14-18-12(13(16)20(14)8-9)15(21)19-24(22,23)10-5-3-2-4-6-10/h2-8H,1H3,(H,19,21). The van der Waals surface area contributed by atoms with Crippen molar-refractivity contribution < 1.29 is 13.2 Å². The first-order valence-corrected chi connectivity index (χ1v) is 9.41. The molecule has 0 aliphatic rings. The van der Waals surface area contributed by atoms with Crippen LogP contribution in [-0.4, -0.2) is 23.7 Å². The molecule has 0 radical (unpaired) electrons. The Balaban J connectivity index is 2.01. The molecule has 1 amide bonds. The van der Waals surface area contributed by atoms with Gasteiger partial charge in [-0.3, -0.25) is 9.20 Å². The number of hydrogen-bond donors (Lipinski definition) is 1. The Morgan fingerprint density at radius 1 is 1.29 bits per heavy atom. The molecule has 0 unspecified atom stereocenters. The maximum absolute atomic E-state index is 12.4. The van der Waals surface area contributed by atoms with Gasteiger partial charge in [0.25, 0.3) is 15.9 Å². The minimum absolute atomic E-state index is 0.00730. The Morgan fingerprint density at radius 3 is 2.62 bits per heavy atom. The number of nitrogens with zero attached hydrogens (tertiary/aromatic N) is 2. The summed E-state index contributed by atoms with van der Waals surface area (Å²) in [7, 11) is -3.98. The second kappa shape index (κ2) is 6.19. The van der Waals surface area contributed by atoms with E-state index >= 15 is 0 Å². The van der Waals surface area contributed by atoms with Crippen LogP contribution in [0, 0.1) is 6.92 Å². The predicted molar refractivity (Wildman–Crippen MR) is 93.7 cm³/mol. The number of fused-ring (bicyclic) bond motifs is 1. The van der Waals surface area contributed by atoms with Gasteiger partial charge in [-0.25, -0.2) is 18.1 Å². The molecule has 0 saturated carbocycles. The zero-order valence-electron chi connectivity index (χ0n) is 12.3. The van der Waals surface area contributed by atoms with Gasteiger partial charge in [0.15, 0.2) is 11.3 Å². The first kappa shape index (κ1) is 16.9. The summed E-state index contributed by atoms with van der Waals surface area (Å²) in [6.45, 7) is 1.84. The fourth-order valence-corrected chi connectivity index (χ4v) is 4.00. The summed E-state index contributed by atoms with van der Waals surface area (Å²) in [5.74, 6) is -0.844. The van der Waals surface area contributed by atoms with Crippen LogP contribution >= 0.6 is 27.5 Å². The molecule has 24 heavy (non-hydrogen) atoms. The zero-order valence-corrected chi connectivity index (χ0v) is 15.5. The van der Waals surface area contributed by atoms with Crippen LogP contribution < -0.4 is 4.72 Å². The third-order valence-corrected chi connectivity index (χ3v) is 5.63. The Morgan fingerprint density at radius 2 is 1.96 bits per heavy atom. The van der Waals surface area contributed by atoms with E-state index in [1.165, 1.54) is 12.1 Å². The van der Waals surface area contributed by atoms with Crippen LogP contribution in [0.3, 0.4) is 0 Å². The van der Waals surface area contributed by atoms with Crippen molar-refractivity contribution in [1.29, 1.82) is 0 Å². The zero-order chi connectivity index (χ0) is 17.5. The van der Waals surface area contributed by atoms with Crippen LogP contribution in [0.25, 0.3) is 5.65 Å². The highest BCUT2D eigenvalue weighted by Crippen LogP contribution is 2.25. The molecule has 1 aromatic carbocycles. The SMILES string of the molecule is Cc1cc(Cl)c2nc(C(=O)NS(=O)(=O)c3ccccc3)c(Br)n2c1. The summed E-state index contributed by atoms with van der Waals surface area (Å²) in [6.07, 6.45) is 1.74. The smallest absolute Gasteiger partial charge is 0.286 e. The monoisotopic (exact) mass is 427 g/mol. The van der Waals surface area contributed by atoms with Crippen LogP contribution in [0.2, 0.25) is 5.02 Å². The summed E-state index contributed by atoms with van der Waals surface area (Å²) in [5, 5.41) is 0.362. The second-order valence-electron chi connectivity index (χ2n) is 5.06. The van der Waals surface area contributed by atoms with E-state index in [2.05, 4.69) is 20.9 Å². The summed E-state index contributed by atoms with van der Waals surface area (Å²) < 4.78 is 28.4. The number of pyridine rings is 1. The van der Waals surface area contributed by atoms with Crippen LogP contribution in [-0.2, 0) is 10.0 Å². The first-order chi connectivity index (χ1) is 11.3. The number of aryl methyl sites for hydroxylation is 1. The van der Waals surface area contributed by atoms with Crippen molar-refractivity contribution in [3.8, 4) is 0 Å². The highest BCUT2D eigenvalue weighted by Gasteiger charge is 2.24. The fourth-order valence-electron chi connectivity index (χ4n) is 2.18. The molecule has 0 fully saturated rings. The van der Waals surface area contributed by atoms with Crippen LogP contribution in [0.4, 0.5) is 0 Å². The van der Waals surface area contributed by atoms with E-state index in [4.69, 9.17) is 11.6 Å². The van der Waals surface area contributed by atoms with Crippen molar-refractivity contribution in [1.82, 2.24) is 14.1 Å². The molecule has 124 valence electrons. The van der Waals surface area contributed by atoms with E-state index in [-0.39, 0.29) is 10.6 Å². The maximum atomic E-state index is 12.4. The van der Waals surface area contributed by atoms with Crippen molar-refractivity contribution in [3.05, 3.63) is 63.5 Å². The van der Waals surface area contributed by atoms with Crippen molar-refractivity contribution in [2.24, 2.45) is 0 Å². The second-order valence-corrected chi connectivity index (χ2v) is 7.90. The van der Waals surface area contributed by atoms with Gasteiger partial charge in [0.2, 0.25) is 0 Å². The van der Waals surface area contributed by atoms with Gasteiger partial charge in [-0.2, -0.15) is 0 Å². The van der Waals surface area contributed by atoms with Gasteiger partial charge in [-0.1, -0.05) is 29.8 Å². The molecule has 3 aromatic rings. The Kier molecular flexibility index (Phi) is 4.37. The lowest BCUT2D eigenvalue weighted by Crippen LogP contribution is -2.31. The number of carbonyl (C=O) groups excluding carboxylic acids is 1. The normalized spacial score (nSPS) is 11.6. The van der Waals surface area contributed by atoms with Crippen molar-refractivity contribution in [3.63, 3.8) is 0 Å². The highest BCUT2D eigenvalue weighted by atomic mass is 79.9. The number of hydrogen-bond acceptors (Lipinski definition) is 4. The topological polar surface area (TPSA) is 80.5 Å². The van der Waals surface area contributed by atoms with Crippen molar-refractivity contribution >= 4 is 49.1 Å². The number of aromatic nitrogens is 2. The Bertz CT molecular complexity index is 1050.